The Morgan fingerprint density at radius 3 is 2.71 bits per heavy atom. The Bertz CT molecular complexity index is 563. The van der Waals surface area contributed by atoms with Crippen LogP contribution in [0, 0.1) is 5.82 Å². The first kappa shape index (κ1) is 17.2. The van der Waals surface area contributed by atoms with Crippen molar-refractivity contribution >= 4 is 5.96 Å². The van der Waals surface area contributed by atoms with Gasteiger partial charge in [-0.05, 0) is 43.4 Å². The molecular weight excluding hydrogens is 305 g/mol. The zero-order valence-electron chi connectivity index (χ0n) is 14.5. The third-order valence-electron chi connectivity index (χ3n) is 5.40. The Labute approximate surface area is 143 Å². The first-order valence-electron chi connectivity index (χ1n) is 9.03. The van der Waals surface area contributed by atoms with Crippen LogP contribution < -0.4 is 10.6 Å². The van der Waals surface area contributed by atoms with Gasteiger partial charge in [-0.25, -0.2) is 4.39 Å². The molecule has 1 saturated carbocycles. The molecule has 1 aromatic rings. The van der Waals surface area contributed by atoms with Gasteiger partial charge in [-0.15, -0.1) is 0 Å². The fourth-order valence-corrected chi connectivity index (χ4v) is 3.86. The van der Waals surface area contributed by atoms with Crippen molar-refractivity contribution in [3.05, 3.63) is 35.6 Å². The molecule has 1 aromatic carbocycles. The summed E-state index contributed by atoms with van der Waals surface area (Å²) in [6.45, 7) is 2.17. The van der Waals surface area contributed by atoms with E-state index in [0.717, 1.165) is 30.9 Å². The molecule has 1 heterocycles. The molecule has 1 aliphatic heterocycles. The quantitative estimate of drug-likeness (QED) is 0.658. The van der Waals surface area contributed by atoms with Gasteiger partial charge in [0.2, 0.25) is 0 Å². The predicted octanol–water partition coefficient (Wildman–Crippen LogP) is 2.98. The Kier molecular flexibility index (Phi) is 5.72. The zero-order chi connectivity index (χ0) is 16.8. The van der Waals surface area contributed by atoms with Gasteiger partial charge >= 0.3 is 0 Å². The van der Waals surface area contributed by atoms with Gasteiger partial charge in [0.25, 0.3) is 0 Å². The van der Waals surface area contributed by atoms with Gasteiger partial charge in [-0.2, -0.15) is 0 Å². The van der Waals surface area contributed by atoms with Gasteiger partial charge in [0, 0.05) is 38.3 Å². The number of guanidine groups is 1. The van der Waals surface area contributed by atoms with Crippen molar-refractivity contribution < 1.29 is 9.13 Å². The fraction of sp³-hybridized carbons (Fsp3) is 0.632. The molecule has 5 heteroatoms. The minimum absolute atomic E-state index is 0.104. The molecule has 2 fully saturated rings. The molecule has 2 aliphatic rings. The lowest BCUT2D eigenvalue weighted by atomic mass is 9.74. The van der Waals surface area contributed by atoms with Crippen molar-refractivity contribution in [1.29, 1.82) is 0 Å². The molecule has 24 heavy (non-hydrogen) atoms. The van der Waals surface area contributed by atoms with E-state index in [1.807, 2.05) is 13.1 Å². The second-order valence-corrected chi connectivity index (χ2v) is 6.95. The zero-order valence-corrected chi connectivity index (χ0v) is 14.5. The number of halogens is 1. The Balaban J connectivity index is 1.69. The maximum absolute atomic E-state index is 13.7. The summed E-state index contributed by atoms with van der Waals surface area (Å²) < 4.78 is 19.3. The molecule has 4 nitrogen and oxygen atoms in total. The third kappa shape index (κ3) is 4.07. The lowest BCUT2D eigenvalue weighted by molar-refractivity contribution is 0.0512. The van der Waals surface area contributed by atoms with E-state index in [-0.39, 0.29) is 11.2 Å². The van der Waals surface area contributed by atoms with Gasteiger partial charge < -0.3 is 15.4 Å². The summed E-state index contributed by atoms with van der Waals surface area (Å²) in [5, 5.41) is 7.00. The summed E-state index contributed by atoms with van der Waals surface area (Å²) in [6.07, 6.45) is 6.79. The van der Waals surface area contributed by atoms with E-state index in [9.17, 15) is 4.39 Å². The van der Waals surface area contributed by atoms with E-state index in [1.165, 1.54) is 31.7 Å². The Morgan fingerprint density at radius 2 is 2.04 bits per heavy atom. The van der Waals surface area contributed by atoms with Crippen molar-refractivity contribution in [3.63, 3.8) is 0 Å². The molecule has 0 amide bonds. The molecule has 0 unspecified atom stereocenters. The van der Waals surface area contributed by atoms with E-state index < -0.39 is 0 Å². The van der Waals surface area contributed by atoms with Gasteiger partial charge in [0.05, 0.1) is 0 Å². The highest BCUT2D eigenvalue weighted by atomic mass is 19.1. The first-order valence-corrected chi connectivity index (χ1v) is 9.03. The summed E-state index contributed by atoms with van der Waals surface area (Å²) in [6, 6.07) is 7.53. The van der Waals surface area contributed by atoms with Crippen molar-refractivity contribution in [2.45, 2.75) is 50.0 Å². The second-order valence-electron chi connectivity index (χ2n) is 6.95. The summed E-state index contributed by atoms with van der Waals surface area (Å²) >= 11 is 0. The van der Waals surface area contributed by atoms with Gasteiger partial charge in [-0.3, -0.25) is 4.99 Å². The van der Waals surface area contributed by atoms with E-state index in [2.05, 4.69) is 15.6 Å². The monoisotopic (exact) mass is 333 g/mol. The minimum Gasteiger partial charge on any atom is -0.381 e. The highest BCUT2D eigenvalue weighted by Gasteiger charge is 2.35. The van der Waals surface area contributed by atoms with Crippen LogP contribution in [0.25, 0.3) is 0 Å². The number of aliphatic imine (C=N–C) groups is 1. The van der Waals surface area contributed by atoms with Crippen LogP contribution in [0.2, 0.25) is 0 Å². The van der Waals surface area contributed by atoms with Crippen LogP contribution in [-0.4, -0.2) is 38.8 Å². The summed E-state index contributed by atoms with van der Waals surface area (Å²) in [5.74, 6) is 0.677. The SMILES string of the molecule is CN=C(NCC1(c2cccc(F)c2)CCOCC1)NC1CCCC1. The van der Waals surface area contributed by atoms with Crippen molar-refractivity contribution in [2.24, 2.45) is 4.99 Å². The van der Waals surface area contributed by atoms with Gasteiger partial charge in [0.1, 0.15) is 5.82 Å². The number of ether oxygens (including phenoxy) is 1. The number of hydrogen-bond acceptors (Lipinski definition) is 2. The topological polar surface area (TPSA) is 45.7 Å². The van der Waals surface area contributed by atoms with Crippen LogP contribution in [0.4, 0.5) is 4.39 Å². The summed E-state index contributed by atoms with van der Waals surface area (Å²) in [7, 11) is 1.81. The van der Waals surface area contributed by atoms with Crippen molar-refractivity contribution in [3.8, 4) is 0 Å². The highest BCUT2D eigenvalue weighted by Crippen LogP contribution is 2.34. The highest BCUT2D eigenvalue weighted by molar-refractivity contribution is 5.80. The van der Waals surface area contributed by atoms with E-state index in [1.54, 1.807) is 12.1 Å². The third-order valence-corrected chi connectivity index (χ3v) is 5.40. The van der Waals surface area contributed by atoms with Crippen molar-refractivity contribution in [2.75, 3.05) is 26.8 Å². The molecule has 3 rings (SSSR count). The smallest absolute Gasteiger partial charge is 0.191 e. The maximum Gasteiger partial charge on any atom is 0.191 e. The first-order chi connectivity index (χ1) is 11.7. The number of nitrogens with one attached hydrogen (secondary N) is 2. The predicted molar refractivity (Wildman–Crippen MR) is 94.9 cm³/mol. The minimum atomic E-state index is -0.174. The molecule has 0 radical (unpaired) electrons. The fourth-order valence-electron chi connectivity index (χ4n) is 3.86. The molecule has 0 atom stereocenters. The van der Waals surface area contributed by atoms with Crippen LogP contribution >= 0.6 is 0 Å². The summed E-state index contributed by atoms with van der Waals surface area (Å²) in [4.78, 5) is 4.37. The number of hydrogen-bond donors (Lipinski definition) is 2. The number of rotatable bonds is 4. The molecule has 1 saturated heterocycles. The van der Waals surface area contributed by atoms with Crippen molar-refractivity contribution in [1.82, 2.24) is 10.6 Å². The normalized spacial score (nSPS) is 21.7. The molecule has 2 N–H and O–H groups in total. The van der Waals surface area contributed by atoms with E-state index in [4.69, 9.17) is 4.74 Å². The Morgan fingerprint density at radius 1 is 1.29 bits per heavy atom. The van der Waals surface area contributed by atoms with Crippen LogP contribution in [0.3, 0.4) is 0 Å². The summed E-state index contributed by atoms with van der Waals surface area (Å²) in [5.41, 5.74) is 0.947. The van der Waals surface area contributed by atoms with Gasteiger partial charge in [-0.1, -0.05) is 25.0 Å². The molecule has 0 aromatic heterocycles. The molecule has 132 valence electrons. The largest absolute Gasteiger partial charge is 0.381 e. The number of nitrogens with zero attached hydrogens (tertiary/aromatic N) is 1. The molecule has 0 spiro atoms. The van der Waals surface area contributed by atoms with Crippen LogP contribution in [-0.2, 0) is 10.2 Å². The average Bonchev–Trinajstić information content (AvgIpc) is 3.12. The van der Waals surface area contributed by atoms with Gasteiger partial charge in [0.15, 0.2) is 5.96 Å². The second kappa shape index (κ2) is 7.97. The lowest BCUT2D eigenvalue weighted by Gasteiger charge is -2.38. The molecule has 0 bridgehead atoms. The standard InChI is InChI=1S/C19H28FN3O/c1-21-18(23-17-7-2-3-8-17)22-14-19(9-11-24-12-10-19)15-5-4-6-16(20)13-15/h4-6,13,17H,2-3,7-12,14H2,1H3,(H2,21,22,23). The van der Waals surface area contributed by atoms with E-state index in [0.29, 0.717) is 19.3 Å². The molecular formula is C19H28FN3O. The molecule has 1 aliphatic carbocycles. The van der Waals surface area contributed by atoms with Crippen LogP contribution in [0.1, 0.15) is 44.1 Å². The van der Waals surface area contributed by atoms with Crippen LogP contribution in [0.5, 0.6) is 0 Å². The van der Waals surface area contributed by atoms with Crippen LogP contribution in [0.15, 0.2) is 29.3 Å². The average molecular weight is 333 g/mol. The number of benzene rings is 1. The van der Waals surface area contributed by atoms with E-state index >= 15 is 0 Å². The Hall–Kier alpha value is -1.62. The lowest BCUT2D eigenvalue weighted by Crippen LogP contribution is -2.49. The maximum atomic E-state index is 13.7.